The minimum absolute atomic E-state index is 0.000111. The summed E-state index contributed by atoms with van der Waals surface area (Å²) in [7, 11) is 0. The molecule has 0 aliphatic rings. The molecule has 0 fully saturated rings. The van der Waals surface area contributed by atoms with Crippen molar-refractivity contribution in [2.24, 2.45) is 0 Å². The zero-order valence-electron chi connectivity index (χ0n) is 8.29. The molecule has 4 nitrogen and oxygen atoms in total. The van der Waals surface area contributed by atoms with Crippen LogP contribution in [-0.4, -0.2) is 24.2 Å². The molecular weight excluding hydrogens is 218 g/mol. The van der Waals surface area contributed by atoms with Gasteiger partial charge < -0.3 is 15.2 Å². The van der Waals surface area contributed by atoms with E-state index in [9.17, 15) is 9.90 Å². The highest BCUT2D eigenvalue weighted by molar-refractivity contribution is 6.32. The summed E-state index contributed by atoms with van der Waals surface area (Å²) in [5.41, 5.74) is 0.488. The zero-order valence-corrected chi connectivity index (χ0v) is 9.04. The van der Waals surface area contributed by atoms with Crippen molar-refractivity contribution in [1.82, 2.24) is 0 Å². The van der Waals surface area contributed by atoms with Gasteiger partial charge in [-0.2, -0.15) is 0 Å². The molecule has 1 aromatic rings. The molecule has 15 heavy (non-hydrogen) atoms. The molecule has 0 aliphatic heterocycles. The predicted octanol–water partition coefficient (Wildman–Crippen LogP) is 2.02. The fraction of sp³-hybridized carbons (Fsp3) is 0.300. The fourth-order valence-corrected chi connectivity index (χ4v) is 1.10. The zero-order chi connectivity index (χ0) is 11.3. The Labute approximate surface area is 92.8 Å². The minimum Gasteiger partial charge on any atom is -0.506 e. The molecular formula is C10H12ClNO3. The van der Waals surface area contributed by atoms with Crippen LogP contribution >= 0.6 is 11.6 Å². The Bertz CT molecular complexity index is 355. The van der Waals surface area contributed by atoms with E-state index in [1.807, 2.05) is 0 Å². The number of halogens is 1. The summed E-state index contributed by atoms with van der Waals surface area (Å²) in [6, 6.07) is 4.49. The van der Waals surface area contributed by atoms with Gasteiger partial charge in [-0.05, 0) is 19.1 Å². The van der Waals surface area contributed by atoms with E-state index in [2.05, 4.69) is 5.32 Å². The van der Waals surface area contributed by atoms with Crippen molar-refractivity contribution < 1.29 is 14.6 Å². The van der Waals surface area contributed by atoms with Crippen molar-refractivity contribution in [1.29, 1.82) is 0 Å². The van der Waals surface area contributed by atoms with Crippen LogP contribution in [0.25, 0.3) is 0 Å². The van der Waals surface area contributed by atoms with E-state index in [1.165, 1.54) is 12.1 Å². The molecule has 0 saturated carbocycles. The third-order valence-corrected chi connectivity index (χ3v) is 1.99. The standard InChI is InChI=1S/C10H12ClNO3/c1-2-15-6-10(14)12-7-3-4-8(11)9(13)5-7/h3-5,13H,2,6H2,1H3,(H,12,14). The molecule has 1 aromatic carbocycles. The van der Waals surface area contributed by atoms with Gasteiger partial charge in [-0.15, -0.1) is 0 Å². The number of aromatic hydroxyl groups is 1. The molecule has 0 unspecified atom stereocenters. The number of amides is 1. The summed E-state index contributed by atoms with van der Waals surface area (Å²) in [6.45, 7) is 2.29. The number of ether oxygens (including phenoxy) is 1. The first-order chi connectivity index (χ1) is 7.13. The number of hydrogen-bond acceptors (Lipinski definition) is 3. The minimum atomic E-state index is -0.265. The number of carbonyl (C=O) groups is 1. The van der Waals surface area contributed by atoms with Gasteiger partial charge in [-0.1, -0.05) is 11.6 Å². The van der Waals surface area contributed by atoms with Gasteiger partial charge in [-0.3, -0.25) is 4.79 Å². The van der Waals surface area contributed by atoms with Crippen LogP contribution in [0.2, 0.25) is 5.02 Å². The van der Waals surface area contributed by atoms with E-state index >= 15 is 0 Å². The predicted molar refractivity (Wildman–Crippen MR) is 58.2 cm³/mol. The van der Waals surface area contributed by atoms with Crippen LogP contribution in [-0.2, 0) is 9.53 Å². The molecule has 1 amide bonds. The lowest BCUT2D eigenvalue weighted by molar-refractivity contribution is -0.120. The van der Waals surface area contributed by atoms with Crippen LogP contribution in [0.5, 0.6) is 5.75 Å². The maximum atomic E-state index is 11.2. The van der Waals surface area contributed by atoms with Gasteiger partial charge in [0.25, 0.3) is 0 Å². The highest BCUT2D eigenvalue weighted by Crippen LogP contribution is 2.25. The number of phenols is 1. The third kappa shape index (κ3) is 3.77. The van der Waals surface area contributed by atoms with E-state index in [0.29, 0.717) is 12.3 Å². The Hall–Kier alpha value is -1.26. The molecule has 0 radical (unpaired) electrons. The normalized spacial score (nSPS) is 10.0. The molecule has 82 valence electrons. The van der Waals surface area contributed by atoms with Crippen LogP contribution in [0.1, 0.15) is 6.92 Å². The molecule has 1 rings (SSSR count). The van der Waals surface area contributed by atoms with E-state index < -0.39 is 0 Å². The second kappa shape index (κ2) is 5.58. The highest BCUT2D eigenvalue weighted by atomic mass is 35.5. The van der Waals surface area contributed by atoms with Gasteiger partial charge in [0.05, 0.1) is 5.02 Å². The van der Waals surface area contributed by atoms with Crippen molar-refractivity contribution in [3.8, 4) is 5.75 Å². The average molecular weight is 230 g/mol. The first-order valence-corrected chi connectivity index (χ1v) is 4.87. The third-order valence-electron chi connectivity index (χ3n) is 1.67. The SMILES string of the molecule is CCOCC(=O)Nc1ccc(Cl)c(O)c1. The van der Waals surface area contributed by atoms with Gasteiger partial charge in [-0.25, -0.2) is 0 Å². The number of benzene rings is 1. The Balaban J connectivity index is 2.57. The summed E-state index contributed by atoms with van der Waals surface area (Å²) in [5.74, 6) is -0.329. The van der Waals surface area contributed by atoms with Crippen molar-refractivity contribution in [3.63, 3.8) is 0 Å². The van der Waals surface area contributed by atoms with E-state index in [0.717, 1.165) is 0 Å². The number of hydrogen-bond donors (Lipinski definition) is 2. The number of phenolic OH excluding ortho intramolecular Hbond substituents is 1. The van der Waals surface area contributed by atoms with Crippen molar-refractivity contribution in [2.75, 3.05) is 18.5 Å². The summed E-state index contributed by atoms with van der Waals surface area (Å²) < 4.78 is 4.92. The lowest BCUT2D eigenvalue weighted by Gasteiger charge is -2.06. The molecule has 0 heterocycles. The summed E-state index contributed by atoms with van der Waals surface area (Å²) >= 11 is 5.61. The van der Waals surface area contributed by atoms with Gasteiger partial charge in [0.15, 0.2) is 0 Å². The Kier molecular flexibility index (Phi) is 4.39. The molecule has 0 bridgehead atoms. The average Bonchev–Trinajstić information content (AvgIpc) is 2.20. The van der Waals surface area contributed by atoms with Gasteiger partial charge in [0.2, 0.25) is 5.91 Å². The van der Waals surface area contributed by atoms with Crippen LogP contribution < -0.4 is 5.32 Å². The quantitative estimate of drug-likeness (QED) is 0.831. The smallest absolute Gasteiger partial charge is 0.250 e. The Morgan fingerprint density at radius 1 is 1.60 bits per heavy atom. The Morgan fingerprint density at radius 2 is 2.33 bits per heavy atom. The number of rotatable bonds is 4. The highest BCUT2D eigenvalue weighted by Gasteiger charge is 2.04. The molecule has 0 saturated heterocycles. The van der Waals surface area contributed by atoms with Crippen LogP contribution in [0.4, 0.5) is 5.69 Å². The first kappa shape index (κ1) is 11.8. The Morgan fingerprint density at radius 3 is 2.93 bits per heavy atom. The number of carbonyl (C=O) groups excluding carboxylic acids is 1. The van der Waals surface area contributed by atoms with Gasteiger partial charge in [0.1, 0.15) is 12.4 Å². The van der Waals surface area contributed by atoms with E-state index in [-0.39, 0.29) is 23.3 Å². The van der Waals surface area contributed by atoms with Crippen LogP contribution in [0, 0.1) is 0 Å². The number of nitrogens with one attached hydrogen (secondary N) is 1. The fourth-order valence-electron chi connectivity index (χ4n) is 0.982. The van der Waals surface area contributed by atoms with Crippen molar-refractivity contribution in [2.45, 2.75) is 6.92 Å². The molecule has 0 atom stereocenters. The second-order valence-corrected chi connectivity index (χ2v) is 3.26. The molecule has 5 heteroatoms. The lowest BCUT2D eigenvalue weighted by atomic mass is 10.3. The largest absolute Gasteiger partial charge is 0.506 e. The van der Waals surface area contributed by atoms with Crippen molar-refractivity contribution >= 4 is 23.2 Å². The summed E-state index contributed by atoms with van der Waals surface area (Å²) in [5, 5.41) is 12.1. The second-order valence-electron chi connectivity index (χ2n) is 2.85. The number of anilines is 1. The molecule has 0 aromatic heterocycles. The van der Waals surface area contributed by atoms with E-state index in [4.69, 9.17) is 16.3 Å². The monoisotopic (exact) mass is 229 g/mol. The topological polar surface area (TPSA) is 58.6 Å². The summed E-state index contributed by atoms with van der Waals surface area (Å²) in [6.07, 6.45) is 0. The van der Waals surface area contributed by atoms with Crippen LogP contribution in [0.15, 0.2) is 18.2 Å². The maximum absolute atomic E-state index is 11.2. The van der Waals surface area contributed by atoms with Gasteiger partial charge >= 0.3 is 0 Å². The maximum Gasteiger partial charge on any atom is 0.250 e. The molecule has 2 N–H and O–H groups in total. The lowest BCUT2D eigenvalue weighted by Crippen LogP contribution is -2.18. The molecule has 0 spiro atoms. The van der Waals surface area contributed by atoms with Gasteiger partial charge in [0, 0.05) is 18.4 Å². The van der Waals surface area contributed by atoms with Crippen molar-refractivity contribution in [3.05, 3.63) is 23.2 Å². The first-order valence-electron chi connectivity index (χ1n) is 4.49. The summed E-state index contributed by atoms with van der Waals surface area (Å²) in [4.78, 5) is 11.2. The van der Waals surface area contributed by atoms with Crippen LogP contribution in [0.3, 0.4) is 0 Å². The molecule has 0 aliphatic carbocycles. The van der Waals surface area contributed by atoms with E-state index in [1.54, 1.807) is 13.0 Å².